The summed E-state index contributed by atoms with van der Waals surface area (Å²) < 4.78 is 0. The monoisotopic (exact) mass is 225 g/mol. The molecule has 0 aromatic carbocycles. The lowest BCUT2D eigenvalue weighted by molar-refractivity contribution is 0.0842. The van der Waals surface area contributed by atoms with Gasteiger partial charge in [0.05, 0.1) is 0 Å². The van der Waals surface area contributed by atoms with E-state index in [0.717, 1.165) is 5.92 Å². The first kappa shape index (κ1) is 12.3. The Morgan fingerprint density at radius 3 is 2.31 bits per heavy atom. The van der Waals surface area contributed by atoms with Gasteiger partial charge >= 0.3 is 0 Å². The Labute approximate surface area is 99.7 Å². The van der Waals surface area contributed by atoms with Crippen LogP contribution >= 0.6 is 0 Å². The minimum atomic E-state index is 0.209. The van der Waals surface area contributed by atoms with Crippen LogP contribution in [0.1, 0.15) is 52.4 Å². The van der Waals surface area contributed by atoms with Crippen LogP contribution in [-0.4, -0.2) is 29.6 Å². The van der Waals surface area contributed by atoms with Gasteiger partial charge in [0, 0.05) is 11.6 Å². The van der Waals surface area contributed by atoms with Crippen molar-refractivity contribution < 1.29 is 0 Å². The number of hydrazine groups is 1. The molecule has 94 valence electrons. The van der Waals surface area contributed by atoms with Crippen LogP contribution in [0.25, 0.3) is 0 Å². The van der Waals surface area contributed by atoms with Gasteiger partial charge in [-0.3, -0.25) is 16.2 Å². The summed E-state index contributed by atoms with van der Waals surface area (Å²) >= 11 is 0. The summed E-state index contributed by atoms with van der Waals surface area (Å²) in [6.45, 7) is 7.19. The van der Waals surface area contributed by atoms with Gasteiger partial charge in [-0.25, -0.2) is 0 Å². The van der Waals surface area contributed by atoms with E-state index in [0.29, 0.717) is 6.04 Å². The zero-order chi connectivity index (χ0) is 11.6. The molecule has 3 heteroatoms. The SMILES string of the molecule is CC(C)(C(CC1CCC1)NN)N1CCCC1. The summed E-state index contributed by atoms with van der Waals surface area (Å²) in [4.78, 5) is 2.61. The summed E-state index contributed by atoms with van der Waals surface area (Å²) in [6, 6.07) is 0.441. The zero-order valence-electron chi connectivity index (χ0n) is 10.8. The Balaban J connectivity index is 1.93. The van der Waals surface area contributed by atoms with Crippen LogP contribution in [0.3, 0.4) is 0 Å². The standard InChI is InChI=1S/C13H27N3/c1-13(2,16-8-3-4-9-16)12(15-14)10-11-6-5-7-11/h11-12,15H,3-10,14H2,1-2H3. The quantitative estimate of drug-likeness (QED) is 0.554. The minimum absolute atomic E-state index is 0.209. The van der Waals surface area contributed by atoms with Crippen molar-refractivity contribution >= 4 is 0 Å². The van der Waals surface area contributed by atoms with Gasteiger partial charge in [0.15, 0.2) is 0 Å². The molecule has 1 aliphatic carbocycles. The van der Waals surface area contributed by atoms with Crippen molar-refractivity contribution in [3.8, 4) is 0 Å². The van der Waals surface area contributed by atoms with Crippen LogP contribution in [0, 0.1) is 5.92 Å². The maximum atomic E-state index is 5.78. The van der Waals surface area contributed by atoms with Crippen LogP contribution < -0.4 is 11.3 Å². The lowest BCUT2D eigenvalue weighted by Gasteiger charge is -2.44. The van der Waals surface area contributed by atoms with Crippen molar-refractivity contribution in [3.05, 3.63) is 0 Å². The van der Waals surface area contributed by atoms with Gasteiger partial charge < -0.3 is 0 Å². The highest BCUT2D eigenvalue weighted by Gasteiger charge is 2.38. The molecule has 0 aromatic heterocycles. The molecule has 1 atom stereocenters. The molecule has 0 bridgehead atoms. The van der Waals surface area contributed by atoms with E-state index in [-0.39, 0.29) is 5.54 Å². The highest BCUT2D eigenvalue weighted by atomic mass is 15.3. The Morgan fingerprint density at radius 2 is 1.88 bits per heavy atom. The van der Waals surface area contributed by atoms with E-state index < -0.39 is 0 Å². The predicted octanol–water partition coefficient (Wildman–Crippen LogP) is 1.88. The van der Waals surface area contributed by atoms with Gasteiger partial charge in [-0.1, -0.05) is 19.3 Å². The summed E-state index contributed by atoms with van der Waals surface area (Å²) in [5.41, 5.74) is 3.29. The fourth-order valence-electron chi connectivity index (χ4n) is 3.14. The normalized spacial score (nSPS) is 25.7. The van der Waals surface area contributed by atoms with E-state index in [4.69, 9.17) is 5.84 Å². The number of rotatable bonds is 5. The van der Waals surface area contributed by atoms with Crippen LogP contribution in [0.5, 0.6) is 0 Å². The van der Waals surface area contributed by atoms with Crippen LogP contribution in [0.2, 0.25) is 0 Å². The Bertz CT molecular complexity index is 217. The maximum Gasteiger partial charge on any atom is 0.0392 e. The van der Waals surface area contributed by atoms with Crippen molar-refractivity contribution in [3.63, 3.8) is 0 Å². The van der Waals surface area contributed by atoms with E-state index in [2.05, 4.69) is 24.2 Å². The molecule has 2 fully saturated rings. The molecule has 2 aliphatic rings. The number of nitrogens with two attached hydrogens (primary N) is 1. The first-order chi connectivity index (χ1) is 7.64. The maximum absolute atomic E-state index is 5.78. The third kappa shape index (κ3) is 2.41. The fourth-order valence-corrected chi connectivity index (χ4v) is 3.14. The second-order valence-electron chi connectivity index (χ2n) is 6.10. The van der Waals surface area contributed by atoms with E-state index in [9.17, 15) is 0 Å². The van der Waals surface area contributed by atoms with Gasteiger partial charge in [0.25, 0.3) is 0 Å². The van der Waals surface area contributed by atoms with Gasteiger partial charge in [0.2, 0.25) is 0 Å². The molecule has 3 N–H and O–H groups in total. The molecule has 2 rings (SSSR count). The molecule has 3 nitrogen and oxygen atoms in total. The number of hydrogen-bond donors (Lipinski definition) is 2. The highest BCUT2D eigenvalue weighted by molar-refractivity contribution is 4.96. The number of hydrogen-bond acceptors (Lipinski definition) is 3. The summed E-state index contributed by atoms with van der Waals surface area (Å²) in [7, 11) is 0. The minimum Gasteiger partial charge on any atom is -0.297 e. The molecule has 1 aliphatic heterocycles. The number of nitrogens with zero attached hydrogens (tertiary/aromatic N) is 1. The number of likely N-dealkylation sites (tertiary alicyclic amines) is 1. The van der Waals surface area contributed by atoms with E-state index in [1.807, 2.05) is 0 Å². The Morgan fingerprint density at radius 1 is 1.25 bits per heavy atom. The van der Waals surface area contributed by atoms with Crippen molar-refractivity contribution in [2.75, 3.05) is 13.1 Å². The first-order valence-corrected chi connectivity index (χ1v) is 6.86. The lowest BCUT2D eigenvalue weighted by atomic mass is 9.76. The Hall–Kier alpha value is -0.120. The first-order valence-electron chi connectivity index (χ1n) is 6.86. The van der Waals surface area contributed by atoms with Crippen LogP contribution in [-0.2, 0) is 0 Å². The fraction of sp³-hybridized carbons (Fsp3) is 1.00. The van der Waals surface area contributed by atoms with E-state index in [1.54, 1.807) is 0 Å². The van der Waals surface area contributed by atoms with Crippen molar-refractivity contribution in [1.82, 2.24) is 10.3 Å². The van der Waals surface area contributed by atoms with Crippen molar-refractivity contribution in [2.24, 2.45) is 11.8 Å². The second kappa shape index (κ2) is 5.03. The smallest absolute Gasteiger partial charge is 0.0392 e. The molecule has 0 aromatic rings. The molecule has 0 amide bonds. The van der Waals surface area contributed by atoms with Crippen LogP contribution in [0.4, 0.5) is 0 Å². The van der Waals surface area contributed by atoms with Crippen molar-refractivity contribution in [2.45, 2.75) is 64.0 Å². The second-order valence-corrected chi connectivity index (χ2v) is 6.10. The van der Waals surface area contributed by atoms with Gasteiger partial charge in [0.1, 0.15) is 0 Å². The topological polar surface area (TPSA) is 41.3 Å². The van der Waals surface area contributed by atoms with Crippen LogP contribution in [0.15, 0.2) is 0 Å². The zero-order valence-corrected chi connectivity index (χ0v) is 10.8. The summed E-state index contributed by atoms with van der Waals surface area (Å²) in [5, 5.41) is 0. The van der Waals surface area contributed by atoms with Crippen molar-refractivity contribution in [1.29, 1.82) is 0 Å². The largest absolute Gasteiger partial charge is 0.297 e. The lowest BCUT2D eigenvalue weighted by Crippen LogP contribution is -2.59. The molecule has 16 heavy (non-hydrogen) atoms. The van der Waals surface area contributed by atoms with Gasteiger partial charge in [-0.2, -0.15) is 0 Å². The number of nitrogens with one attached hydrogen (secondary N) is 1. The van der Waals surface area contributed by atoms with Gasteiger partial charge in [-0.05, 0) is 52.1 Å². The Kier molecular flexibility index (Phi) is 3.88. The molecule has 0 radical (unpaired) electrons. The predicted molar refractivity (Wildman–Crippen MR) is 68.0 cm³/mol. The molecule has 1 saturated heterocycles. The third-order valence-electron chi connectivity index (χ3n) is 4.77. The highest BCUT2D eigenvalue weighted by Crippen LogP contribution is 2.34. The summed E-state index contributed by atoms with van der Waals surface area (Å²) in [5.74, 6) is 6.70. The third-order valence-corrected chi connectivity index (χ3v) is 4.77. The molecular weight excluding hydrogens is 198 g/mol. The molecule has 1 saturated carbocycles. The average Bonchev–Trinajstić information content (AvgIpc) is 2.68. The van der Waals surface area contributed by atoms with E-state index in [1.165, 1.54) is 51.6 Å². The van der Waals surface area contributed by atoms with Gasteiger partial charge in [-0.15, -0.1) is 0 Å². The molecule has 1 heterocycles. The average molecular weight is 225 g/mol. The molecular formula is C13H27N3. The molecule has 0 spiro atoms. The molecule has 1 unspecified atom stereocenters. The summed E-state index contributed by atoms with van der Waals surface area (Å²) in [6.07, 6.45) is 8.20. The van der Waals surface area contributed by atoms with E-state index >= 15 is 0 Å².